The van der Waals surface area contributed by atoms with Gasteiger partial charge in [-0.25, -0.2) is 5.43 Å². The van der Waals surface area contributed by atoms with Crippen LogP contribution in [0.1, 0.15) is 22.3 Å². The van der Waals surface area contributed by atoms with Gasteiger partial charge >= 0.3 is 0 Å². The van der Waals surface area contributed by atoms with Crippen LogP contribution in [0, 0.1) is 25.2 Å². The first-order valence-corrected chi connectivity index (χ1v) is 7.57. The zero-order chi connectivity index (χ0) is 17.4. The minimum atomic E-state index is -0.186. The number of hydrogen-bond acceptors (Lipinski definition) is 4. The fraction of sp³-hybridized carbons (Fsp3) is 0.211. The van der Waals surface area contributed by atoms with Gasteiger partial charge < -0.3 is 4.74 Å². The van der Waals surface area contributed by atoms with E-state index in [1.54, 1.807) is 12.1 Å². The molecule has 2 aromatic carbocycles. The highest BCUT2D eigenvalue weighted by Gasteiger charge is 2.05. The van der Waals surface area contributed by atoms with Crippen LogP contribution in [0.3, 0.4) is 0 Å². The predicted molar refractivity (Wildman–Crippen MR) is 92.9 cm³/mol. The maximum Gasteiger partial charge on any atom is 0.244 e. The summed E-state index contributed by atoms with van der Waals surface area (Å²) in [5.74, 6) is 0.361. The summed E-state index contributed by atoms with van der Waals surface area (Å²) in [5, 5.41) is 12.5. The molecule has 0 saturated carbocycles. The van der Waals surface area contributed by atoms with Gasteiger partial charge in [-0.3, -0.25) is 4.79 Å². The Kier molecular flexibility index (Phi) is 6.09. The van der Waals surface area contributed by atoms with Crippen molar-refractivity contribution in [3.63, 3.8) is 0 Å². The van der Waals surface area contributed by atoms with Gasteiger partial charge in [-0.05, 0) is 37.1 Å². The van der Waals surface area contributed by atoms with Gasteiger partial charge in [-0.15, -0.1) is 0 Å². The van der Waals surface area contributed by atoms with Crippen molar-refractivity contribution in [3.05, 3.63) is 64.7 Å². The van der Waals surface area contributed by atoms with Gasteiger partial charge in [0.25, 0.3) is 0 Å². The first kappa shape index (κ1) is 17.2. The van der Waals surface area contributed by atoms with E-state index in [-0.39, 0.29) is 18.9 Å². The Morgan fingerprint density at radius 3 is 2.83 bits per heavy atom. The number of aryl methyl sites for hydroxylation is 2. The molecule has 0 heterocycles. The van der Waals surface area contributed by atoms with E-state index in [2.05, 4.69) is 16.6 Å². The van der Waals surface area contributed by atoms with Crippen molar-refractivity contribution in [1.82, 2.24) is 5.43 Å². The van der Waals surface area contributed by atoms with Gasteiger partial charge in [0, 0.05) is 5.56 Å². The second-order valence-electron chi connectivity index (χ2n) is 5.38. The molecule has 0 unspecified atom stereocenters. The number of nitriles is 1. The fourth-order valence-corrected chi connectivity index (χ4v) is 2.26. The summed E-state index contributed by atoms with van der Waals surface area (Å²) < 4.78 is 5.30. The second kappa shape index (κ2) is 8.49. The van der Waals surface area contributed by atoms with Crippen LogP contribution in [-0.2, 0) is 11.2 Å². The number of carbonyl (C=O) groups excluding carboxylic acids is 1. The molecule has 5 nitrogen and oxygen atoms in total. The van der Waals surface area contributed by atoms with Crippen molar-refractivity contribution in [2.75, 3.05) is 6.61 Å². The van der Waals surface area contributed by atoms with Crippen LogP contribution in [0.4, 0.5) is 0 Å². The average molecular weight is 321 g/mol. The summed E-state index contributed by atoms with van der Waals surface area (Å²) in [7, 11) is 0. The smallest absolute Gasteiger partial charge is 0.244 e. The number of amides is 1. The molecular formula is C19H19N3O2. The SMILES string of the molecule is Cc1ccc(CC(=O)N/N=C\c2ccccc2OCC#N)c(C)c1. The number of carbonyl (C=O) groups is 1. The molecule has 0 spiro atoms. The van der Waals surface area contributed by atoms with E-state index in [0.29, 0.717) is 11.3 Å². The third kappa shape index (κ3) is 4.96. The number of nitrogens with zero attached hydrogens (tertiary/aromatic N) is 2. The third-order valence-corrected chi connectivity index (χ3v) is 3.45. The molecule has 0 saturated heterocycles. The lowest BCUT2D eigenvalue weighted by atomic mass is 10.0. The van der Waals surface area contributed by atoms with E-state index < -0.39 is 0 Å². The zero-order valence-corrected chi connectivity index (χ0v) is 13.7. The first-order valence-electron chi connectivity index (χ1n) is 7.57. The van der Waals surface area contributed by atoms with Crippen LogP contribution in [0.15, 0.2) is 47.6 Å². The molecule has 0 fully saturated rings. The third-order valence-electron chi connectivity index (χ3n) is 3.45. The molecule has 2 aromatic rings. The van der Waals surface area contributed by atoms with Gasteiger partial charge in [0.15, 0.2) is 6.61 Å². The summed E-state index contributed by atoms with van der Waals surface area (Å²) in [6.07, 6.45) is 1.78. The zero-order valence-electron chi connectivity index (χ0n) is 13.7. The molecule has 1 N–H and O–H groups in total. The molecule has 0 atom stereocenters. The molecular weight excluding hydrogens is 302 g/mol. The van der Waals surface area contributed by atoms with Crippen LogP contribution < -0.4 is 10.2 Å². The Morgan fingerprint density at radius 2 is 2.08 bits per heavy atom. The lowest BCUT2D eigenvalue weighted by Gasteiger charge is -2.06. The van der Waals surface area contributed by atoms with Crippen LogP contribution >= 0.6 is 0 Å². The predicted octanol–water partition coefficient (Wildman–Crippen LogP) is 2.90. The Balaban J connectivity index is 1.96. The number of hydrogen-bond donors (Lipinski definition) is 1. The van der Waals surface area contributed by atoms with Crippen molar-refractivity contribution < 1.29 is 9.53 Å². The molecule has 122 valence electrons. The number of hydrazone groups is 1. The molecule has 2 rings (SSSR count). The molecule has 1 amide bonds. The largest absolute Gasteiger partial charge is 0.478 e. The molecule has 0 bridgehead atoms. The van der Waals surface area contributed by atoms with E-state index in [4.69, 9.17) is 10.00 Å². The Hall–Kier alpha value is -3.13. The van der Waals surface area contributed by atoms with Crippen LogP contribution in [0.5, 0.6) is 5.75 Å². The molecule has 0 aliphatic rings. The summed E-state index contributed by atoms with van der Waals surface area (Å²) in [4.78, 5) is 12.0. The minimum Gasteiger partial charge on any atom is -0.478 e. The van der Waals surface area contributed by atoms with Gasteiger partial charge in [-0.1, -0.05) is 35.9 Å². The Morgan fingerprint density at radius 1 is 1.29 bits per heavy atom. The second-order valence-corrected chi connectivity index (χ2v) is 5.38. The van der Waals surface area contributed by atoms with Crippen molar-refractivity contribution in [3.8, 4) is 11.8 Å². The number of rotatable bonds is 6. The summed E-state index contributed by atoms with van der Waals surface area (Å²) in [5.41, 5.74) is 6.44. The van der Waals surface area contributed by atoms with Crippen LogP contribution in [-0.4, -0.2) is 18.7 Å². The molecule has 0 radical (unpaired) electrons. The lowest BCUT2D eigenvalue weighted by Crippen LogP contribution is -2.20. The Labute approximate surface area is 141 Å². The highest BCUT2D eigenvalue weighted by atomic mass is 16.5. The fourth-order valence-electron chi connectivity index (χ4n) is 2.26. The van der Waals surface area contributed by atoms with Gasteiger partial charge in [0.2, 0.25) is 5.91 Å². The monoisotopic (exact) mass is 321 g/mol. The highest BCUT2D eigenvalue weighted by molar-refractivity contribution is 5.85. The van der Waals surface area contributed by atoms with E-state index in [0.717, 1.165) is 11.1 Å². The van der Waals surface area contributed by atoms with Crippen LogP contribution in [0.2, 0.25) is 0 Å². The van der Waals surface area contributed by atoms with E-state index >= 15 is 0 Å². The summed E-state index contributed by atoms with van der Waals surface area (Å²) in [6.45, 7) is 3.97. The highest BCUT2D eigenvalue weighted by Crippen LogP contribution is 2.15. The van der Waals surface area contributed by atoms with Gasteiger partial charge in [0.05, 0.1) is 12.6 Å². The topological polar surface area (TPSA) is 74.5 Å². The molecule has 24 heavy (non-hydrogen) atoms. The average Bonchev–Trinajstić information content (AvgIpc) is 2.56. The first-order chi connectivity index (χ1) is 11.6. The van der Waals surface area contributed by atoms with Crippen LogP contribution in [0.25, 0.3) is 0 Å². The Bertz CT molecular complexity index is 791. The quantitative estimate of drug-likeness (QED) is 0.656. The minimum absolute atomic E-state index is 0.0378. The van der Waals surface area contributed by atoms with E-state index in [1.807, 2.05) is 44.2 Å². The summed E-state index contributed by atoms with van der Waals surface area (Å²) >= 11 is 0. The van der Waals surface area contributed by atoms with E-state index in [9.17, 15) is 4.79 Å². The van der Waals surface area contributed by atoms with E-state index in [1.165, 1.54) is 11.8 Å². The number of para-hydroxylation sites is 1. The number of benzene rings is 2. The molecule has 5 heteroatoms. The van der Waals surface area contributed by atoms with Gasteiger partial charge in [0.1, 0.15) is 11.8 Å². The van der Waals surface area contributed by atoms with Crippen molar-refractivity contribution in [2.45, 2.75) is 20.3 Å². The number of ether oxygens (including phenoxy) is 1. The molecule has 0 aromatic heterocycles. The maximum atomic E-state index is 12.0. The molecule has 0 aliphatic heterocycles. The van der Waals surface area contributed by atoms with Crippen molar-refractivity contribution in [2.24, 2.45) is 5.10 Å². The van der Waals surface area contributed by atoms with Gasteiger partial charge in [-0.2, -0.15) is 10.4 Å². The number of nitrogens with one attached hydrogen (secondary N) is 1. The lowest BCUT2D eigenvalue weighted by molar-refractivity contribution is -0.120. The molecule has 0 aliphatic carbocycles. The summed E-state index contributed by atoms with van der Waals surface area (Å²) in [6, 6.07) is 15.1. The standard InChI is InChI=1S/C19H19N3O2/c1-14-7-8-16(15(2)11-14)12-19(23)22-21-13-17-5-3-4-6-18(17)24-10-9-20/h3-8,11,13H,10,12H2,1-2H3,(H,22,23)/b21-13-. The normalized spacial score (nSPS) is 10.4. The maximum absolute atomic E-state index is 12.0. The van der Waals surface area contributed by atoms with Crippen molar-refractivity contribution >= 4 is 12.1 Å². The van der Waals surface area contributed by atoms with Crippen molar-refractivity contribution in [1.29, 1.82) is 5.26 Å².